The van der Waals surface area contributed by atoms with Gasteiger partial charge in [-0.3, -0.25) is 24.0 Å². The zero-order chi connectivity index (χ0) is 44.4. The smallest absolute Gasteiger partial charge is 0.247 e. The Balaban J connectivity index is 1.40. The number of carbonyl (C=O) groups is 5. The summed E-state index contributed by atoms with van der Waals surface area (Å²) in [7, 11) is 9.09. The number of imidazole rings is 1. The van der Waals surface area contributed by atoms with Crippen LogP contribution in [0, 0.1) is 0 Å². The lowest BCUT2D eigenvalue weighted by Crippen LogP contribution is -2.57. The molecule has 0 spiro atoms. The Morgan fingerprint density at radius 2 is 1.56 bits per heavy atom. The Bertz CT molecular complexity index is 2160. The van der Waals surface area contributed by atoms with Crippen LogP contribution in [0.2, 0.25) is 5.02 Å². The molecule has 3 aromatic carbocycles. The highest BCUT2D eigenvalue weighted by Crippen LogP contribution is 2.30. The number of rotatable bonds is 10. The molecule has 5 amide bonds. The van der Waals surface area contributed by atoms with E-state index < -0.39 is 48.5 Å². The van der Waals surface area contributed by atoms with Gasteiger partial charge in [0.25, 0.3) is 0 Å². The van der Waals surface area contributed by atoms with E-state index in [4.69, 9.17) is 16.3 Å². The van der Waals surface area contributed by atoms with Crippen molar-refractivity contribution in [2.45, 2.75) is 76.8 Å². The largest absolute Gasteiger partial charge is 0.457 e. The van der Waals surface area contributed by atoms with Gasteiger partial charge in [0.05, 0.1) is 31.6 Å². The predicted molar refractivity (Wildman–Crippen MR) is 232 cm³/mol. The van der Waals surface area contributed by atoms with Crippen LogP contribution in [0.15, 0.2) is 79.0 Å². The number of benzene rings is 3. The van der Waals surface area contributed by atoms with Gasteiger partial charge >= 0.3 is 0 Å². The van der Waals surface area contributed by atoms with Gasteiger partial charge in [-0.05, 0) is 82.4 Å². The standard InChI is InChI=1S/C45H57ClN8O7/c1-29-24-48-41(56)23-35(22-31-12-16-34(46)17-13-31)52(6)45(60)37(28-55)49-44(59)30(2)54(43(58)21-20-42(57)51(29)5)26-33-10-8-9-11-39(33)61-36-18-14-32(15-19-36)38-25-47-40(53(38)7)27-50(3)4/h8-19,25,29-30,35,37,55H,20-24,26-28H2,1-7H3,(H,48,56)(H,49,59)/t29-,30-,35-,37-/m0/s1. The van der Waals surface area contributed by atoms with Crippen molar-refractivity contribution < 1.29 is 33.8 Å². The zero-order valence-electron chi connectivity index (χ0n) is 35.9. The lowest BCUT2D eigenvalue weighted by Gasteiger charge is -2.34. The van der Waals surface area contributed by atoms with Crippen LogP contribution < -0.4 is 15.4 Å². The third kappa shape index (κ3) is 12.2. The van der Waals surface area contributed by atoms with Gasteiger partial charge in [-0.1, -0.05) is 41.9 Å². The van der Waals surface area contributed by atoms with E-state index in [0.717, 1.165) is 22.6 Å². The minimum Gasteiger partial charge on any atom is -0.457 e. The third-order valence-electron chi connectivity index (χ3n) is 11.1. The Hall–Kier alpha value is -5.77. The van der Waals surface area contributed by atoms with Crippen LogP contribution in [0.3, 0.4) is 0 Å². The van der Waals surface area contributed by atoms with Crippen molar-refractivity contribution in [1.82, 2.24) is 39.8 Å². The number of hydrogen-bond acceptors (Lipinski definition) is 9. The lowest BCUT2D eigenvalue weighted by atomic mass is 10.0. The summed E-state index contributed by atoms with van der Waals surface area (Å²) in [6, 6.07) is 18.2. The summed E-state index contributed by atoms with van der Waals surface area (Å²) in [6.07, 6.45) is 1.66. The van der Waals surface area contributed by atoms with Crippen LogP contribution in [0.1, 0.15) is 50.1 Å². The molecule has 5 rings (SSSR count). The maximum Gasteiger partial charge on any atom is 0.247 e. The first-order valence-corrected chi connectivity index (χ1v) is 20.7. The number of likely N-dealkylation sites (N-methyl/N-ethyl adjacent to an activating group) is 2. The first kappa shape index (κ1) is 46.3. The Morgan fingerprint density at radius 1 is 0.885 bits per heavy atom. The van der Waals surface area contributed by atoms with E-state index in [1.54, 1.807) is 62.5 Å². The highest BCUT2D eigenvalue weighted by atomic mass is 35.5. The fourth-order valence-corrected chi connectivity index (χ4v) is 7.20. The second-order valence-corrected chi connectivity index (χ2v) is 16.3. The molecule has 1 aromatic heterocycles. The number of nitrogens with one attached hydrogen (secondary N) is 2. The van der Waals surface area contributed by atoms with Crippen LogP contribution >= 0.6 is 11.6 Å². The fourth-order valence-electron chi connectivity index (χ4n) is 7.07. The quantitative estimate of drug-likeness (QED) is 0.214. The molecule has 0 radical (unpaired) electrons. The van der Waals surface area contributed by atoms with Crippen LogP contribution in [0.4, 0.5) is 0 Å². The van der Waals surface area contributed by atoms with E-state index in [-0.39, 0.29) is 50.6 Å². The summed E-state index contributed by atoms with van der Waals surface area (Å²) in [6.45, 7) is 3.35. The Morgan fingerprint density at radius 3 is 2.23 bits per heavy atom. The van der Waals surface area contributed by atoms with Crippen molar-refractivity contribution in [3.8, 4) is 22.8 Å². The van der Waals surface area contributed by atoms with Crippen LogP contribution in [-0.2, 0) is 50.5 Å². The van der Waals surface area contributed by atoms with Gasteiger partial charge in [0.1, 0.15) is 29.4 Å². The Kier molecular flexibility index (Phi) is 16.1. The van der Waals surface area contributed by atoms with Gasteiger partial charge < -0.3 is 44.6 Å². The summed E-state index contributed by atoms with van der Waals surface area (Å²) in [5.41, 5.74) is 3.31. The maximum absolute atomic E-state index is 14.1. The zero-order valence-corrected chi connectivity index (χ0v) is 36.7. The molecule has 4 aromatic rings. The van der Waals surface area contributed by atoms with E-state index in [1.165, 1.54) is 28.7 Å². The molecule has 1 aliphatic rings. The van der Waals surface area contributed by atoms with E-state index >= 15 is 0 Å². The molecule has 16 heteroatoms. The van der Waals surface area contributed by atoms with Crippen molar-refractivity contribution in [3.05, 3.63) is 101 Å². The number of para-hydroxylation sites is 1. The first-order valence-electron chi connectivity index (χ1n) is 20.3. The second-order valence-electron chi connectivity index (χ2n) is 15.8. The molecule has 326 valence electrons. The van der Waals surface area contributed by atoms with Crippen molar-refractivity contribution in [2.24, 2.45) is 7.05 Å². The summed E-state index contributed by atoms with van der Waals surface area (Å²) in [5.74, 6) is -0.530. The normalized spacial score (nSPS) is 20.4. The number of halogens is 1. The molecule has 2 heterocycles. The number of aromatic nitrogens is 2. The van der Waals surface area contributed by atoms with E-state index in [9.17, 15) is 29.1 Å². The van der Waals surface area contributed by atoms with Crippen molar-refractivity contribution >= 4 is 41.1 Å². The molecule has 0 saturated carbocycles. The molecular formula is C45H57ClN8O7. The first-order chi connectivity index (χ1) is 29.1. The topological polar surface area (TPSA) is 170 Å². The average Bonchev–Trinajstić information content (AvgIpc) is 3.60. The van der Waals surface area contributed by atoms with E-state index in [1.807, 2.05) is 56.2 Å². The molecule has 1 aliphatic heterocycles. The highest BCUT2D eigenvalue weighted by molar-refractivity contribution is 6.30. The number of ether oxygens (including phenoxy) is 1. The SMILES string of the molecule is C[C@H]1CNC(=O)C[C@H](Cc2ccc(Cl)cc2)N(C)C(=O)[C@H](CO)NC(=O)[C@H](C)N(Cc2ccccc2Oc2ccc(-c3cnc(CN(C)C)n3C)cc2)C(=O)CCC(=O)N1C. The molecular weight excluding hydrogens is 800 g/mol. The number of nitrogens with zero attached hydrogens (tertiary/aromatic N) is 6. The fraction of sp³-hybridized carbons (Fsp3) is 0.422. The number of aliphatic hydroxyl groups is 1. The molecule has 1 fully saturated rings. The number of aliphatic hydroxyl groups excluding tert-OH is 1. The molecule has 0 bridgehead atoms. The molecule has 61 heavy (non-hydrogen) atoms. The Labute approximate surface area is 362 Å². The monoisotopic (exact) mass is 856 g/mol. The van der Waals surface area contributed by atoms with E-state index in [2.05, 4.69) is 20.5 Å². The molecule has 0 unspecified atom stereocenters. The van der Waals surface area contributed by atoms with Gasteiger partial charge in [0, 0.05) is 75.2 Å². The predicted octanol–water partition coefficient (Wildman–Crippen LogP) is 4.01. The average molecular weight is 857 g/mol. The molecule has 4 atom stereocenters. The minimum atomic E-state index is -1.38. The molecule has 1 saturated heterocycles. The van der Waals surface area contributed by atoms with Crippen molar-refractivity contribution in [2.75, 3.05) is 41.3 Å². The van der Waals surface area contributed by atoms with Gasteiger partial charge in [0.2, 0.25) is 29.5 Å². The summed E-state index contributed by atoms with van der Waals surface area (Å²) >= 11 is 6.11. The van der Waals surface area contributed by atoms with Crippen LogP contribution in [0.5, 0.6) is 11.5 Å². The lowest BCUT2D eigenvalue weighted by molar-refractivity contribution is -0.145. The molecule has 0 aliphatic carbocycles. The highest BCUT2D eigenvalue weighted by Gasteiger charge is 2.34. The van der Waals surface area contributed by atoms with Gasteiger partial charge in [0.15, 0.2) is 0 Å². The van der Waals surface area contributed by atoms with Crippen molar-refractivity contribution in [3.63, 3.8) is 0 Å². The number of carbonyl (C=O) groups excluding carboxylic acids is 5. The van der Waals surface area contributed by atoms with Crippen LogP contribution in [-0.4, -0.2) is 129 Å². The molecule has 3 N–H and O–H groups in total. The van der Waals surface area contributed by atoms with E-state index in [0.29, 0.717) is 28.6 Å². The summed E-state index contributed by atoms with van der Waals surface area (Å²) in [4.78, 5) is 79.6. The van der Waals surface area contributed by atoms with Gasteiger partial charge in [-0.15, -0.1) is 0 Å². The number of amides is 5. The van der Waals surface area contributed by atoms with Crippen LogP contribution in [0.25, 0.3) is 11.3 Å². The second kappa shape index (κ2) is 21.2. The maximum atomic E-state index is 14.1. The molecule has 15 nitrogen and oxygen atoms in total. The summed E-state index contributed by atoms with van der Waals surface area (Å²) < 4.78 is 8.41. The third-order valence-corrected chi connectivity index (χ3v) is 11.4. The summed E-state index contributed by atoms with van der Waals surface area (Å²) in [5, 5.41) is 16.5. The number of hydrogen-bond donors (Lipinski definition) is 3. The van der Waals surface area contributed by atoms with Crippen molar-refractivity contribution in [1.29, 1.82) is 0 Å². The minimum absolute atomic E-state index is 0.0708. The van der Waals surface area contributed by atoms with Gasteiger partial charge in [-0.2, -0.15) is 0 Å². The van der Waals surface area contributed by atoms with Gasteiger partial charge in [-0.25, -0.2) is 4.98 Å².